The molecule has 1 fully saturated rings. The van der Waals surface area contributed by atoms with E-state index >= 15 is 0 Å². The van der Waals surface area contributed by atoms with Crippen LogP contribution in [0.4, 0.5) is 0 Å². The van der Waals surface area contributed by atoms with Crippen molar-refractivity contribution in [2.24, 2.45) is 13.0 Å². The number of amides is 1. The number of benzene rings is 1. The highest BCUT2D eigenvalue weighted by molar-refractivity contribution is 6.36. The number of nitrogens with zero attached hydrogens (tertiary/aromatic N) is 1. The molecule has 1 aromatic carbocycles. The number of hydrogen-bond acceptors (Lipinski definition) is 1. The van der Waals surface area contributed by atoms with E-state index < -0.39 is 0 Å². The van der Waals surface area contributed by atoms with Gasteiger partial charge in [-0.1, -0.05) is 43.4 Å². The lowest BCUT2D eigenvalue weighted by molar-refractivity contribution is 0.0947. The molecule has 0 saturated heterocycles. The van der Waals surface area contributed by atoms with Gasteiger partial charge in [0.15, 0.2) is 0 Å². The SMILES string of the molecule is Cn1cc(C(=O)NCC2CCCCCC2)c2c(Cl)cccc21. The van der Waals surface area contributed by atoms with Crippen LogP contribution in [0, 0.1) is 5.92 Å². The van der Waals surface area contributed by atoms with E-state index in [4.69, 9.17) is 11.6 Å². The van der Waals surface area contributed by atoms with E-state index in [2.05, 4.69) is 5.32 Å². The van der Waals surface area contributed by atoms with Gasteiger partial charge in [0.05, 0.1) is 16.1 Å². The lowest BCUT2D eigenvalue weighted by Crippen LogP contribution is -2.29. The fourth-order valence-electron chi connectivity index (χ4n) is 3.47. The number of aromatic nitrogens is 1. The molecule has 22 heavy (non-hydrogen) atoms. The Labute approximate surface area is 136 Å². The van der Waals surface area contributed by atoms with Gasteiger partial charge in [-0.3, -0.25) is 4.79 Å². The van der Waals surface area contributed by atoms with Crippen molar-refractivity contribution in [3.63, 3.8) is 0 Å². The molecule has 4 heteroatoms. The summed E-state index contributed by atoms with van der Waals surface area (Å²) in [7, 11) is 1.95. The zero-order valence-electron chi connectivity index (χ0n) is 13.1. The van der Waals surface area contributed by atoms with Crippen LogP contribution < -0.4 is 5.32 Å². The highest BCUT2D eigenvalue weighted by atomic mass is 35.5. The van der Waals surface area contributed by atoms with E-state index in [-0.39, 0.29) is 5.91 Å². The molecular formula is C18H23ClN2O. The Morgan fingerprint density at radius 3 is 2.73 bits per heavy atom. The van der Waals surface area contributed by atoms with Gasteiger partial charge in [0.25, 0.3) is 5.91 Å². The number of rotatable bonds is 3. The Morgan fingerprint density at radius 2 is 2.00 bits per heavy atom. The summed E-state index contributed by atoms with van der Waals surface area (Å²) in [5.41, 5.74) is 1.67. The van der Waals surface area contributed by atoms with Gasteiger partial charge in [0.2, 0.25) is 0 Å². The largest absolute Gasteiger partial charge is 0.352 e. The molecule has 0 atom stereocenters. The second-order valence-electron chi connectivity index (χ2n) is 6.36. The molecule has 1 aromatic heterocycles. The predicted octanol–water partition coefficient (Wildman–Crippen LogP) is 4.53. The van der Waals surface area contributed by atoms with Gasteiger partial charge in [-0.05, 0) is 30.9 Å². The number of hydrogen-bond donors (Lipinski definition) is 1. The van der Waals surface area contributed by atoms with Crippen LogP contribution in [-0.4, -0.2) is 17.0 Å². The van der Waals surface area contributed by atoms with Crippen LogP contribution in [0.2, 0.25) is 5.02 Å². The molecule has 2 aromatic rings. The smallest absolute Gasteiger partial charge is 0.253 e. The zero-order chi connectivity index (χ0) is 15.5. The summed E-state index contributed by atoms with van der Waals surface area (Å²) >= 11 is 6.30. The molecular weight excluding hydrogens is 296 g/mol. The predicted molar refractivity (Wildman–Crippen MR) is 91.5 cm³/mol. The second kappa shape index (κ2) is 6.74. The van der Waals surface area contributed by atoms with Crippen LogP contribution >= 0.6 is 11.6 Å². The lowest BCUT2D eigenvalue weighted by Gasteiger charge is -2.14. The van der Waals surface area contributed by atoms with Crippen molar-refractivity contribution in [3.8, 4) is 0 Å². The third-order valence-electron chi connectivity index (χ3n) is 4.73. The maximum absolute atomic E-state index is 12.6. The van der Waals surface area contributed by atoms with Gasteiger partial charge in [0.1, 0.15) is 0 Å². The molecule has 1 heterocycles. The Hall–Kier alpha value is -1.48. The van der Waals surface area contributed by atoms with Gasteiger partial charge in [0, 0.05) is 25.2 Å². The van der Waals surface area contributed by atoms with Gasteiger partial charge in [-0.2, -0.15) is 0 Å². The summed E-state index contributed by atoms with van der Waals surface area (Å²) in [6.07, 6.45) is 9.60. The van der Waals surface area contributed by atoms with E-state index in [1.54, 1.807) is 0 Å². The molecule has 1 aliphatic rings. The fraction of sp³-hybridized carbons (Fsp3) is 0.500. The first-order valence-corrected chi connectivity index (χ1v) is 8.56. The van der Waals surface area contributed by atoms with Crippen molar-refractivity contribution in [1.82, 2.24) is 9.88 Å². The third-order valence-corrected chi connectivity index (χ3v) is 5.05. The zero-order valence-corrected chi connectivity index (χ0v) is 13.8. The minimum atomic E-state index is -0.0112. The van der Waals surface area contributed by atoms with Gasteiger partial charge in [-0.25, -0.2) is 0 Å². The average molecular weight is 319 g/mol. The van der Waals surface area contributed by atoms with E-state index in [1.807, 2.05) is 36.0 Å². The Morgan fingerprint density at radius 1 is 1.27 bits per heavy atom. The van der Waals surface area contributed by atoms with Crippen LogP contribution in [0.3, 0.4) is 0 Å². The van der Waals surface area contributed by atoms with Crippen molar-refractivity contribution < 1.29 is 4.79 Å². The van der Waals surface area contributed by atoms with E-state index in [1.165, 1.54) is 38.5 Å². The molecule has 1 saturated carbocycles. The molecule has 1 N–H and O–H groups in total. The molecule has 3 nitrogen and oxygen atoms in total. The Kier molecular flexibility index (Phi) is 4.72. The molecule has 0 bridgehead atoms. The molecule has 3 rings (SSSR count). The van der Waals surface area contributed by atoms with Crippen LogP contribution in [0.15, 0.2) is 24.4 Å². The number of nitrogens with one attached hydrogen (secondary N) is 1. The van der Waals surface area contributed by atoms with Crippen LogP contribution in [0.1, 0.15) is 48.9 Å². The van der Waals surface area contributed by atoms with Gasteiger partial charge < -0.3 is 9.88 Å². The highest BCUT2D eigenvalue weighted by Crippen LogP contribution is 2.28. The molecule has 118 valence electrons. The molecule has 0 spiro atoms. The number of carbonyl (C=O) groups excluding carboxylic acids is 1. The summed E-state index contributed by atoms with van der Waals surface area (Å²) in [6.45, 7) is 0.777. The monoisotopic (exact) mass is 318 g/mol. The van der Waals surface area contributed by atoms with Crippen LogP contribution in [0.5, 0.6) is 0 Å². The topological polar surface area (TPSA) is 34.0 Å². The summed E-state index contributed by atoms with van der Waals surface area (Å²) in [4.78, 5) is 12.6. The van der Waals surface area contributed by atoms with E-state index in [0.29, 0.717) is 16.5 Å². The Bertz CT molecular complexity index is 669. The van der Waals surface area contributed by atoms with Gasteiger partial charge in [-0.15, -0.1) is 0 Å². The molecule has 1 amide bonds. The minimum Gasteiger partial charge on any atom is -0.352 e. The number of aryl methyl sites for hydroxylation is 1. The summed E-state index contributed by atoms with van der Waals surface area (Å²) < 4.78 is 1.96. The van der Waals surface area contributed by atoms with E-state index in [0.717, 1.165) is 17.4 Å². The quantitative estimate of drug-likeness (QED) is 0.829. The lowest BCUT2D eigenvalue weighted by atomic mass is 10.0. The fourth-order valence-corrected chi connectivity index (χ4v) is 3.74. The summed E-state index contributed by atoms with van der Waals surface area (Å²) in [5, 5.41) is 4.61. The molecule has 1 aliphatic carbocycles. The number of halogens is 1. The minimum absolute atomic E-state index is 0.0112. The van der Waals surface area contributed by atoms with Crippen molar-refractivity contribution in [2.45, 2.75) is 38.5 Å². The van der Waals surface area contributed by atoms with Crippen molar-refractivity contribution >= 4 is 28.4 Å². The number of carbonyl (C=O) groups is 1. The second-order valence-corrected chi connectivity index (χ2v) is 6.76. The first-order valence-electron chi connectivity index (χ1n) is 8.18. The first-order chi connectivity index (χ1) is 10.7. The first kappa shape index (κ1) is 15.4. The van der Waals surface area contributed by atoms with Crippen LogP contribution in [-0.2, 0) is 7.05 Å². The standard InChI is InChI=1S/C18H23ClN2O/c1-21-12-14(17-15(19)9-6-10-16(17)21)18(22)20-11-13-7-4-2-3-5-8-13/h6,9-10,12-13H,2-5,7-8,11H2,1H3,(H,20,22). The highest BCUT2D eigenvalue weighted by Gasteiger charge is 2.18. The van der Waals surface area contributed by atoms with Crippen molar-refractivity contribution in [2.75, 3.05) is 6.54 Å². The summed E-state index contributed by atoms with van der Waals surface area (Å²) in [6, 6.07) is 5.74. The summed E-state index contributed by atoms with van der Waals surface area (Å²) in [5.74, 6) is 0.611. The maximum atomic E-state index is 12.6. The third kappa shape index (κ3) is 3.14. The van der Waals surface area contributed by atoms with Crippen molar-refractivity contribution in [3.05, 3.63) is 35.0 Å². The molecule has 0 radical (unpaired) electrons. The van der Waals surface area contributed by atoms with Crippen molar-refractivity contribution in [1.29, 1.82) is 0 Å². The molecule has 0 aliphatic heterocycles. The normalized spacial score (nSPS) is 16.6. The Balaban J connectivity index is 1.75. The van der Waals surface area contributed by atoms with E-state index in [9.17, 15) is 4.79 Å². The average Bonchev–Trinajstić information content (AvgIpc) is 2.70. The van der Waals surface area contributed by atoms with Gasteiger partial charge >= 0.3 is 0 Å². The molecule has 0 unspecified atom stereocenters. The van der Waals surface area contributed by atoms with Crippen LogP contribution in [0.25, 0.3) is 10.9 Å². The number of fused-ring (bicyclic) bond motifs is 1. The maximum Gasteiger partial charge on any atom is 0.253 e.